The molecule has 2 aromatic carbocycles. The van der Waals surface area contributed by atoms with Crippen molar-refractivity contribution >= 4 is 0 Å². The van der Waals surface area contributed by atoms with Gasteiger partial charge in [0.05, 0.1) is 18.2 Å². The lowest BCUT2D eigenvalue weighted by molar-refractivity contribution is -0.137. The van der Waals surface area contributed by atoms with Crippen LogP contribution in [-0.2, 0) is 6.18 Å². The average molecular weight is 277 g/mol. The third-order valence-corrected chi connectivity index (χ3v) is 2.88. The van der Waals surface area contributed by atoms with E-state index >= 15 is 0 Å². The van der Waals surface area contributed by atoms with Crippen LogP contribution in [0.4, 0.5) is 13.2 Å². The van der Waals surface area contributed by atoms with Crippen LogP contribution in [0.3, 0.4) is 0 Å². The van der Waals surface area contributed by atoms with Gasteiger partial charge in [0.2, 0.25) is 0 Å². The second-order valence-electron chi connectivity index (χ2n) is 4.07. The predicted octanol–water partition coefficient (Wildman–Crippen LogP) is 4.25. The van der Waals surface area contributed by atoms with E-state index in [1.807, 2.05) is 0 Å². The summed E-state index contributed by atoms with van der Waals surface area (Å²) >= 11 is 0. The van der Waals surface area contributed by atoms with Gasteiger partial charge in [-0.2, -0.15) is 18.4 Å². The Morgan fingerprint density at radius 3 is 2.20 bits per heavy atom. The molecule has 0 aromatic heterocycles. The van der Waals surface area contributed by atoms with Crippen molar-refractivity contribution < 1.29 is 17.9 Å². The number of alkyl halides is 3. The molecule has 20 heavy (non-hydrogen) atoms. The van der Waals surface area contributed by atoms with Crippen molar-refractivity contribution in [3.8, 4) is 22.9 Å². The molecule has 2 rings (SSSR count). The maximum atomic E-state index is 12.9. The largest absolute Gasteiger partial charge is 0.497 e. The molecule has 0 aliphatic rings. The molecule has 0 aliphatic heterocycles. The highest BCUT2D eigenvalue weighted by atomic mass is 19.4. The van der Waals surface area contributed by atoms with Crippen LogP contribution in [-0.4, -0.2) is 7.11 Å². The fourth-order valence-electron chi connectivity index (χ4n) is 1.92. The highest BCUT2D eigenvalue weighted by molar-refractivity contribution is 5.72. The van der Waals surface area contributed by atoms with Crippen molar-refractivity contribution in [1.82, 2.24) is 0 Å². The number of hydrogen-bond acceptors (Lipinski definition) is 2. The Bertz CT molecular complexity index is 654. The van der Waals surface area contributed by atoms with E-state index in [2.05, 4.69) is 0 Å². The van der Waals surface area contributed by atoms with E-state index in [-0.39, 0.29) is 11.1 Å². The minimum atomic E-state index is -4.55. The molecule has 102 valence electrons. The zero-order chi connectivity index (χ0) is 14.8. The molecule has 0 amide bonds. The summed E-state index contributed by atoms with van der Waals surface area (Å²) in [4.78, 5) is 0. The molecular weight excluding hydrogens is 267 g/mol. The Morgan fingerprint density at radius 2 is 1.70 bits per heavy atom. The summed E-state index contributed by atoms with van der Waals surface area (Å²) in [5.74, 6) is 0.597. The van der Waals surface area contributed by atoms with Crippen molar-refractivity contribution in [3.63, 3.8) is 0 Å². The molecule has 2 aromatic rings. The Morgan fingerprint density at radius 1 is 1.05 bits per heavy atom. The zero-order valence-electron chi connectivity index (χ0n) is 10.5. The Hall–Kier alpha value is -2.48. The topological polar surface area (TPSA) is 33.0 Å². The van der Waals surface area contributed by atoms with Crippen LogP contribution in [0.15, 0.2) is 42.5 Å². The van der Waals surface area contributed by atoms with Gasteiger partial charge in [-0.1, -0.05) is 24.3 Å². The van der Waals surface area contributed by atoms with Crippen LogP contribution < -0.4 is 4.74 Å². The van der Waals surface area contributed by atoms with Crippen LogP contribution in [0.2, 0.25) is 0 Å². The predicted molar refractivity (Wildman–Crippen MR) is 68.1 cm³/mol. The standard InChI is InChI=1S/C15H10F3NO/c1-20-11-7-5-10(6-8-11)12-3-2-4-14(13(12)9-19)15(16,17)18/h2-8H,1H3. The van der Waals surface area contributed by atoms with Gasteiger partial charge in [0, 0.05) is 5.56 Å². The lowest BCUT2D eigenvalue weighted by Crippen LogP contribution is -2.08. The highest BCUT2D eigenvalue weighted by Crippen LogP contribution is 2.36. The molecule has 0 radical (unpaired) electrons. The summed E-state index contributed by atoms with van der Waals surface area (Å²) in [5, 5.41) is 9.05. The van der Waals surface area contributed by atoms with Gasteiger partial charge < -0.3 is 4.74 Å². The number of hydrogen-bond donors (Lipinski definition) is 0. The summed E-state index contributed by atoms with van der Waals surface area (Å²) in [5.41, 5.74) is -0.503. The first-order valence-corrected chi connectivity index (χ1v) is 5.72. The number of benzene rings is 2. The fourth-order valence-corrected chi connectivity index (χ4v) is 1.92. The summed E-state index contributed by atoms with van der Waals surface area (Å²) in [7, 11) is 1.50. The van der Waals surface area contributed by atoms with Gasteiger partial charge in [0.1, 0.15) is 11.8 Å². The lowest BCUT2D eigenvalue weighted by atomic mass is 9.96. The van der Waals surface area contributed by atoms with Gasteiger partial charge >= 0.3 is 6.18 Å². The first-order valence-electron chi connectivity index (χ1n) is 5.72. The van der Waals surface area contributed by atoms with Crippen LogP contribution in [0.5, 0.6) is 5.75 Å². The molecular formula is C15H10F3NO. The highest BCUT2D eigenvalue weighted by Gasteiger charge is 2.34. The summed E-state index contributed by atoms with van der Waals surface area (Å²) in [6.07, 6.45) is -4.55. The van der Waals surface area contributed by atoms with E-state index in [0.29, 0.717) is 11.3 Å². The normalized spacial score (nSPS) is 10.9. The smallest absolute Gasteiger partial charge is 0.417 e. The van der Waals surface area contributed by atoms with E-state index in [1.165, 1.54) is 19.2 Å². The third-order valence-electron chi connectivity index (χ3n) is 2.88. The number of halogens is 3. The number of ether oxygens (including phenoxy) is 1. The van der Waals surface area contributed by atoms with Gasteiger partial charge in [-0.25, -0.2) is 0 Å². The molecule has 0 unspecified atom stereocenters. The molecule has 0 saturated carbocycles. The average Bonchev–Trinajstić information content (AvgIpc) is 2.45. The molecule has 0 N–H and O–H groups in total. The maximum Gasteiger partial charge on any atom is 0.417 e. The summed E-state index contributed by atoms with van der Waals surface area (Å²) in [6.45, 7) is 0. The third kappa shape index (κ3) is 2.59. The Labute approximate surface area is 114 Å². The molecule has 0 aliphatic carbocycles. The van der Waals surface area contributed by atoms with E-state index in [9.17, 15) is 13.2 Å². The molecule has 0 bridgehead atoms. The first kappa shape index (κ1) is 13.9. The minimum absolute atomic E-state index is 0.255. The van der Waals surface area contributed by atoms with E-state index in [0.717, 1.165) is 6.07 Å². The van der Waals surface area contributed by atoms with Crippen molar-refractivity contribution in [2.75, 3.05) is 7.11 Å². The van der Waals surface area contributed by atoms with Crippen LogP contribution in [0, 0.1) is 11.3 Å². The molecule has 5 heteroatoms. The zero-order valence-corrected chi connectivity index (χ0v) is 10.5. The molecule has 0 atom stereocenters. The van der Waals surface area contributed by atoms with Gasteiger partial charge in [0.25, 0.3) is 0 Å². The van der Waals surface area contributed by atoms with E-state index in [4.69, 9.17) is 10.00 Å². The number of nitrogens with zero attached hydrogens (tertiary/aromatic N) is 1. The molecule has 0 fully saturated rings. The number of methoxy groups -OCH3 is 1. The van der Waals surface area contributed by atoms with Gasteiger partial charge in [0.15, 0.2) is 0 Å². The Balaban J connectivity index is 2.60. The van der Waals surface area contributed by atoms with Crippen LogP contribution in [0.1, 0.15) is 11.1 Å². The molecule has 0 saturated heterocycles. The van der Waals surface area contributed by atoms with Gasteiger partial charge in [-0.3, -0.25) is 0 Å². The maximum absolute atomic E-state index is 12.9. The van der Waals surface area contributed by atoms with Gasteiger partial charge in [-0.15, -0.1) is 0 Å². The molecule has 2 nitrogen and oxygen atoms in total. The Kier molecular flexibility index (Phi) is 3.66. The van der Waals surface area contributed by atoms with Crippen molar-refractivity contribution in [2.45, 2.75) is 6.18 Å². The molecule has 0 spiro atoms. The second-order valence-corrected chi connectivity index (χ2v) is 4.07. The SMILES string of the molecule is COc1ccc(-c2cccc(C(F)(F)F)c2C#N)cc1. The quantitative estimate of drug-likeness (QED) is 0.822. The van der Waals surface area contributed by atoms with E-state index < -0.39 is 11.7 Å². The summed E-state index contributed by atoms with van der Waals surface area (Å²) in [6, 6.07) is 11.9. The summed E-state index contributed by atoms with van der Waals surface area (Å²) < 4.78 is 43.6. The van der Waals surface area contributed by atoms with Crippen molar-refractivity contribution in [3.05, 3.63) is 53.6 Å². The fraction of sp³-hybridized carbons (Fsp3) is 0.133. The number of rotatable bonds is 2. The first-order chi connectivity index (χ1) is 9.47. The van der Waals surface area contributed by atoms with Crippen molar-refractivity contribution in [2.24, 2.45) is 0 Å². The number of nitriles is 1. The second kappa shape index (κ2) is 5.25. The van der Waals surface area contributed by atoms with Gasteiger partial charge in [-0.05, 0) is 23.8 Å². The minimum Gasteiger partial charge on any atom is -0.497 e. The van der Waals surface area contributed by atoms with Crippen LogP contribution >= 0.6 is 0 Å². The van der Waals surface area contributed by atoms with Crippen molar-refractivity contribution in [1.29, 1.82) is 5.26 Å². The lowest BCUT2D eigenvalue weighted by Gasteiger charge is -2.12. The van der Waals surface area contributed by atoms with Crippen LogP contribution in [0.25, 0.3) is 11.1 Å². The van der Waals surface area contributed by atoms with E-state index in [1.54, 1.807) is 30.3 Å². The monoisotopic (exact) mass is 277 g/mol. The molecule has 0 heterocycles.